The number of carbonyl (C=O) groups is 2. The van der Waals surface area contributed by atoms with Crippen LogP contribution in [0.1, 0.15) is 29.5 Å². The monoisotopic (exact) mass is 430 g/mol. The zero-order valence-corrected chi connectivity index (χ0v) is 18.6. The van der Waals surface area contributed by atoms with E-state index in [1.165, 1.54) is 11.1 Å². The van der Waals surface area contributed by atoms with Crippen LogP contribution in [0.5, 0.6) is 0 Å². The van der Waals surface area contributed by atoms with E-state index in [4.69, 9.17) is 0 Å². The van der Waals surface area contributed by atoms with Gasteiger partial charge in [-0.3, -0.25) is 14.5 Å². The highest BCUT2D eigenvalue weighted by Crippen LogP contribution is 2.27. The molecule has 2 aliphatic heterocycles. The number of hydrogen-bond acceptors (Lipinski definition) is 3. The Kier molecular flexibility index (Phi) is 5.70. The second-order valence-electron chi connectivity index (χ2n) is 9.03. The van der Waals surface area contributed by atoms with E-state index in [2.05, 4.69) is 47.1 Å². The van der Waals surface area contributed by atoms with Gasteiger partial charge in [-0.15, -0.1) is 0 Å². The minimum atomic E-state index is -0.348. The minimum absolute atomic E-state index is 0.0757. The Balaban J connectivity index is 1.22. The molecule has 3 heterocycles. The lowest BCUT2D eigenvalue weighted by Gasteiger charge is -2.37. The number of carbonyl (C=O) groups excluding carboxylic acids is 2. The first-order valence-corrected chi connectivity index (χ1v) is 11.5. The largest absolute Gasteiger partial charge is 0.361 e. The van der Waals surface area contributed by atoms with Crippen LogP contribution in [0.3, 0.4) is 0 Å². The number of amides is 2. The number of H-pyrrole nitrogens is 1. The summed E-state index contributed by atoms with van der Waals surface area (Å²) in [4.78, 5) is 35.4. The molecule has 1 atom stereocenters. The van der Waals surface area contributed by atoms with Crippen LogP contribution in [0.15, 0.2) is 54.7 Å². The van der Waals surface area contributed by atoms with Crippen molar-refractivity contribution in [3.05, 3.63) is 71.4 Å². The third-order valence-corrected chi connectivity index (χ3v) is 6.80. The van der Waals surface area contributed by atoms with Crippen LogP contribution in [0, 0.1) is 6.92 Å². The number of aryl methyl sites for hydroxylation is 1. The number of likely N-dealkylation sites (tertiary alicyclic amines) is 1. The Morgan fingerprint density at radius 2 is 1.84 bits per heavy atom. The average Bonchev–Trinajstić information content (AvgIpc) is 3.38. The van der Waals surface area contributed by atoms with Gasteiger partial charge in [0.15, 0.2) is 0 Å². The summed E-state index contributed by atoms with van der Waals surface area (Å²) in [6.45, 7) is 6.67. The summed E-state index contributed by atoms with van der Waals surface area (Å²) in [7, 11) is 0. The molecule has 166 valence electrons. The fraction of sp³-hybridized carbons (Fsp3) is 0.385. The topological polar surface area (TPSA) is 59.7 Å². The van der Waals surface area contributed by atoms with Crippen molar-refractivity contribution in [2.24, 2.45) is 0 Å². The Bertz CT molecular complexity index is 1130. The van der Waals surface area contributed by atoms with Crippen LogP contribution < -0.4 is 0 Å². The number of piperazine rings is 1. The lowest BCUT2D eigenvalue weighted by atomic mass is 10.1. The van der Waals surface area contributed by atoms with E-state index < -0.39 is 0 Å². The molecule has 6 nitrogen and oxygen atoms in total. The Morgan fingerprint density at radius 3 is 2.66 bits per heavy atom. The highest BCUT2D eigenvalue weighted by Gasteiger charge is 2.39. The predicted molar refractivity (Wildman–Crippen MR) is 125 cm³/mol. The standard InChI is InChI=1S/C26H30N4O2/c1-19-5-4-6-20(15-19)17-28-11-13-29(14-12-28)26(32)24-9-10-25(31)30(24)18-21-16-27-23-8-3-2-7-22(21)23/h2-8,15-16,24,27H,9-14,17-18H2,1H3. The molecule has 0 aliphatic carbocycles. The maximum Gasteiger partial charge on any atom is 0.245 e. The third kappa shape index (κ3) is 4.15. The number of fused-ring (bicyclic) bond motifs is 1. The zero-order valence-electron chi connectivity index (χ0n) is 18.6. The molecule has 0 bridgehead atoms. The van der Waals surface area contributed by atoms with Crippen molar-refractivity contribution in [3.63, 3.8) is 0 Å². The van der Waals surface area contributed by atoms with Crippen LogP contribution in [-0.2, 0) is 22.7 Å². The molecule has 1 unspecified atom stereocenters. The predicted octanol–water partition coefficient (Wildman–Crippen LogP) is 3.31. The van der Waals surface area contributed by atoms with Gasteiger partial charge in [-0.25, -0.2) is 0 Å². The fourth-order valence-electron chi connectivity index (χ4n) is 5.04. The molecule has 2 amide bonds. The SMILES string of the molecule is Cc1cccc(CN2CCN(C(=O)C3CCC(=O)N3Cc3c[nH]c4ccccc34)CC2)c1. The fourth-order valence-corrected chi connectivity index (χ4v) is 5.04. The van der Waals surface area contributed by atoms with Gasteiger partial charge in [-0.05, 0) is 30.5 Å². The van der Waals surface area contributed by atoms with Gasteiger partial charge in [-0.2, -0.15) is 0 Å². The van der Waals surface area contributed by atoms with Gasteiger partial charge >= 0.3 is 0 Å². The molecule has 0 spiro atoms. The maximum atomic E-state index is 13.4. The van der Waals surface area contributed by atoms with E-state index in [1.54, 1.807) is 4.90 Å². The number of hydrogen-bond donors (Lipinski definition) is 1. The van der Waals surface area contributed by atoms with Gasteiger partial charge in [0, 0.05) is 62.8 Å². The van der Waals surface area contributed by atoms with E-state index in [0.29, 0.717) is 19.4 Å². The molecule has 2 saturated heterocycles. The van der Waals surface area contributed by atoms with Crippen molar-refractivity contribution >= 4 is 22.7 Å². The van der Waals surface area contributed by atoms with E-state index in [9.17, 15) is 9.59 Å². The quantitative estimate of drug-likeness (QED) is 0.676. The third-order valence-electron chi connectivity index (χ3n) is 6.80. The van der Waals surface area contributed by atoms with Gasteiger partial charge in [0.25, 0.3) is 0 Å². The van der Waals surface area contributed by atoms with Crippen molar-refractivity contribution in [1.82, 2.24) is 19.7 Å². The molecule has 2 aromatic carbocycles. The summed E-state index contributed by atoms with van der Waals surface area (Å²) in [5.41, 5.74) is 4.71. The van der Waals surface area contributed by atoms with Gasteiger partial charge < -0.3 is 14.8 Å². The molecule has 0 radical (unpaired) electrons. The first kappa shape index (κ1) is 20.8. The van der Waals surface area contributed by atoms with Gasteiger partial charge in [0.1, 0.15) is 6.04 Å². The number of para-hydroxylation sites is 1. The summed E-state index contributed by atoms with van der Waals surface area (Å²) in [6, 6.07) is 16.4. The first-order valence-electron chi connectivity index (χ1n) is 11.5. The zero-order chi connectivity index (χ0) is 22.1. The minimum Gasteiger partial charge on any atom is -0.361 e. The van der Waals surface area contributed by atoms with E-state index in [-0.39, 0.29) is 17.9 Å². The summed E-state index contributed by atoms with van der Waals surface area (Å²) in [5, 5.41) is 1.11. The number of rotatable bonds is 5. The number of benzene rings is 2. The van der Waals surface area contributed by atoms with E-state index in [0.717, 1.165) is 49.2 Å². The molecule has 1 N–H and O–H groups in total. The maximum absolute atomic E-state index is 13.4. The summed E-state index contributed by atoms with van der Waals surface area (Å²) in [5.74, 6) is 0.178. The molecular formula is C26H30N4O2. The Labute approximate surface area is 188 Å². The molecule has 1 aromatic heterocycles. The molecule has 32 heavy (non-hydrogen) atoms. The second-order valence-corrected chi connectivity index (χ2v) is 9.03. The molecule has 2 aliphatic rings. The molecule has 2 fully saturated rings. The van der Waals surface area contributed by atoms with Crippen LogP contribution in [-0.4, -0.2) is 63.7 Å². The van der Waals surface area contributed by atoms with Crippen LogP contribution >= 0.6 is 0 Å². The first-order chi connectivity index (χ1) is 15.6. The lowest BCUT2D eigenvalue weighted by molar-refractivity contribution is -0.143. The highest BCUT2D eigenvalue weighted by molar-refractivity contribution is 5.91. The van der Waals surface area contributed by atoms with Crippen molar-refractivity contribution in [2.75, 3.05) is 26.2 Å². The number of nitrogens with zero attached hydrogens (tertiary/aromatic N) is 3. The normalized spacial score (nSPS) is 19.8. The van der Waals surface area contributed by atoms with Crippen LogP contribution in [0.25, 0.3) is 10.9 Å². The van der Waals surface area contributed by atoms with Crippen molar-refractivity contribution in [2.45, 2.75) is 38.9 Å². The van der Waals surface area contributed by atoms with Crippen molar-refractivity contribution in [3.8, 4) is 0 Å². The molecule has 0 saturated carbocycles. The molecule has 6 heteroatoms. The molecule has 3 aromatic rings. The van der Waals surface area contributed by atoms with E-state index in [1.807, 2.05) is 29.3 Å². The van der Waals surface area contributed by atoms with Crippen molar-refractivity contribution < 1.29 is 9.59 Å². The number of aromatic amines is 1. The Morgan fingerprint density at radius 1 is 1.03 bits per heavy atom. The average molecular weight is 431 g/mol. The smallest absolute Gasteiger partial charge is 0.245 e. The molecular weight excluding hydrogens is 400 g/mol. The summed E-state index contributed by atoms with van der Waals surface area (Å²) >= 11 is 0. The van der Waals surface area contributed by atoms with Gasteiger partial charge in [0.2, 0.25) is 11.8 Å². The van der Waals surface area contributed by atoms with Crippen LogP contribution in [0.4, 0.5) is 0 Å². The Hall–Kier alpha value is -3.12. The van der Waals surface area contributed by atoms with Gasteiger partial charge in [-0.1, -0.05) is 48.0 Å². The second kappa shape index (κ2) is 8.79. The van der Waals surface area contributed by atoms with Gasteiger partial charge in [0.05, 0.1) is 0 Å². The highest BCUT2D eigenvalue weighted by atomic mass is 16.2. The molecule has 5 rings (SSSR count). The number of nitrogens with one attached hydrogen (secondary N) is 1. The summed E-state index contributed by atoms with van der Waals surface area (Å²) < 4.78 is 0. The summed E-state index contributed by atoms with van der Waals surface area (Å²) in [6.07, 6.45) is 3.03. The van der Waals surface area contributed by atoms with Crippen LogP contribution in [0.2, 0.25) is 0 Å². The van der Waals surface area contributed by atoms with Crippen molar-refractivity contribution in [1.29, 1.82) is 0 Å². The number of aromatic nitrogens is 1. The van der Waals surface area contributed by atoms with E-state index >= 15 is 0 Å². The lowest BCUT2D eigenvalue weighted by Crippen LogP contribution is -2.53.